The Kier molecular flexibility index (Phi) is 7.02. The molecule has 1 aromatic rings. The van der Waals surface area contributed by atoms with Gasteiger partial charge in [0, 0.05) is 38.7 Å². The molecular formula is C19H30N6O3. The van der Waals surface area contributed by atoms with Crippen molar-refractivity contribution in [2.45, 2.75) is 51.0 Å². The third kappa shape index (κ3) is 5.79. The van der Waals surface area contributed by atoms with E-state index in [1.807, 2.05) is 0 Å². The standard InChI is InChI=1S/C19H30N6O3/c20-15-11-18(27)24-16(23-15)6-7-21-17(26)10-14-19(28)22-8-9-25(14)12-13-4-2-1-3-5-13/h11,13-14H,1-10,12H2,(H,21,26)(H,22,28)(H3,20,23,24,27)/t14-/m0/s1. The number of rotatable bonds is 7. The summed E-state index contributed by atoms with van der Waals surface area (Å²) >= 11 is 0. The van der Waals surface area contributed by atoms with Gasteiger partial charge in [-0.3, -0.25) is 19.3 Å². The number of nitrogen functional groups attached to an aromatic ring is 1. The predicted octanol–water partition coefficient (Wildman–Crippen LogP) is -0.218. The summed E-state index contributed by atoms with van der Waals surface area (Å²) < 4.78 is 0. The molecule has 9 nitrogen and oxygen atoms in total. The van der Waals surface area contributed by atoms with E-state index in [0.29, 0.717) is 31.3 Å². The van der Waals surface area contributed by atoms with E-state index in [4.69, 9.17) is 5.73 Å². The van der Waals surface area contributed by atoms with Gasteiger partial charge >= 0.3 is 0 Å². The lowest BCUT2D eigenvalue weighted by molar-refractivity contribution is -0.134. The second-order valence-corrected chi connectivity index (χ2v) is 7.73. The van der Waals surface area contributed by atoms with Crippen LogP contribution < -0.4 is 21.9 Å². The Labute approximate surface area is 164 Å². The molecule has 1 saturated heterocycles. The summed E-state index contributed by atoms with van der Waals surface area (Å²) in [5.41, 5.74) is 5.24. The Balaban J connectivity index is 1.49. The minimum absolute atomic E-state index is 0.0703. The fourth-order valence-electron chi connectivity index (χ4n) is 4.12. The lowest BCUT2D eigenvalue weighted by Crippen LogP contribution is -2.57. The number of hydrogen-bond donors (Lipinski definition) is 4. The van der Waals surface area contributed by atoms with E-state index < -0.39 is 6.04 Å². The quantitative estimate of drug-likeness (QED) is 0.509. The van der Waals surface area contributed by atoms with E-state index in [1.165, 1.54) is 38.2 Å². The van der Waals surface area contributed by atoms with Crippen molar-refractivity contribution in [1.29, 1.82) is 0 Å². The van der Waals surface area contributed by atoms with Gasteiger partial charge in [-0.15, -0.1) is 0 Å². The van der Waals surface area contributed by atoms with E-state index >= 15 is 0 Å². The van der Waals surface area contributed by atoms with Gasteiger partial charge in [0.25, 0.3) is 5.56 Å². The third-order valence-electron chi connectivity index (χ3n) is 5.53. The summed E-state index contributed by atoms with van der Waals surface area (Å²) in [5.74, 6) is 0.958. The van der Waals surface area contributed by atoms with Crippen LogP contribution in [0.5, 0.6) is 0 Å². The van der Waals surface area contributed by atoms with Gasteiger partial charge in [-0.05, 0) is 18.8 Å². The highest BCUT2D eigenvalue weighted by Gasteiger charge is 2.33. The van der Waals surface area contributed by atoms with Crippen molar-refractivity contribution in [2.24, 2.45) is 5.92 Å². The Morgan fingerprint density at radius 1 is 1.29 bits per heavy atom. The minimum atomic E-state index is -0.416. The van der Waals surface area contributed by atoms with Gasteiger partial charge in [-0.1, -0.05) is 19.3 Å². The highest BCUT2D eigenvalue weighted by Crippen LogP contribution is 2.25. The monoisotopic (exact) mass is 390 g/mol. The van der Waals surface area contributed by atoms with Gasteiger partial charge in [0.05, 0.1) is 12.5 Å². The molecule has 5 N–H and O–H groups in total. The van der Waals surface area contributed by atoms with Gasteiger partial charge in [0.1, 0.15) is 11.6 Å². The van der Waals surface area contributed by atoms with Crippen LogP contribution >= 0.6 is 0 Å². The number of amides is 2. The smallest absolute Gasteiger partial charge is 0.252 e. The number of carbonyl (C=O) groups excluding carboxylic acids is 2. The fraction of sp³-hybridized carbons (Fsp3) is 0.684. The molecule has 0 aromatic carbocycles. The van der Waals surface area contributed by atoms with Crippen molar-refractivity contribution in [2.75, 3.05) is 31.9 Å². The van der Waals surface area contributed by atoms with Crippen molar-refractivity contribution < 1.29 is 9.59 Å². The number of anilines is 1. The van der Waals surface area contributed by atoms with E-state index in [0.717, 1.165) is 13.1 Å². The summed E-state index contributed by atoms with van der Waals surface area (Å²) in [6.45, 7) is 2.63. The van der Waals surface area contributed by atoms with Crippen molar-refractivity contribution in [1.82, 2.24) is 25.5 Å². The Morgan fingerprint density at radius 3 is 2.82 bits per heavy atom. The molecule has 1 saturated carbocycles. The predicted molar refractivity (Wildman–Crippen MR) is 106 cm³/mol. The molecule has 2 fully saturated rings. The second-order valence-electron chi connectivity index (χ2n) is 7.73. The van der Waals surface area contributed by atoms with Crippen molar-refractivity contribution in [3.05, 3.63) is 22.2 Å². The SMILES string of the molecule is Nc1cc(=O)[nH]c(CCNC(=O)C[C@H]2C(=O)NCCN2CC2CCCCC2)n1. The first kappa shape index (κ1) is 20.3. The van der Waals surface area contributed by atoms with Crippen LogP contribution in [0, 0.1) is 5.92 Å². The highest BCUT2D eigenvalue weighted by molar-refractivity contribution is 5.88. The number of hydrogen-bond acceptors (Lipinski definition) is 6. The number of nitrogens with zero attached hydrogens (tertiary/aromatic N) is 2. The minimum Gasteiger partial charge on any atom is -0.383 e. The first-order chi connectivity index (χ1) is 13.5. The highest BCUT2D eigenvalue weighted by atomic mass is 16.2. The molecule has 2 amide bonds. The number of aromatic nitrogens is 2. The largest absolute Gasteiger partial charge is 0.383 e. The zero-order valence-corrected chi connectivity index (χ0v) is 16.2. The maximum Gasteiger partial charge on any atom is 0.252 e. The summed E-state index contributed by atoms with van der Waals surface area (Å²) in [6, 6.07) is 0.797. The van der Waals surface area contributed by atoms with E-state index in [-0.39, 0.29) is 29.6 Å². The first-order valence-electron chi connectivity index (χ1n) is 10.2. The number of piperazine rings is 1. The first-order valence-corrected chi connectivity index (χ1v) is 10.2. The molecule has 28 heavy (non-hydrogen) atoms. The molecule has 2 aliphatic rings. The molecule has 1 atom stereocenters. The average Bonchev–Trinajstić information content (AvgIpc) is 2.65. The van der Waals surface area contributed by atoms with Gasteiger partial charge in [-0.25, -0.2) is 4.98 Å². The topological polar surface area (TPSA) is 133 Å². The molecule has 1 aliphatic heterocycles. The molecule has 0 bridgehead atoms. The van der Waals surface area contributed by atoms with Gasteiger partial charge in [0.15, 0.2) is 0 Å². The number of carbonyl (C=O) groups is 2. The van der Waals surface area contributed by atoms with Crippen LogP contribution in [0.1, 0.15) is 44.3 Å². The lowest BCUT2D eigenvalue weighted by Gasteiger charge is -2.37. The lowest BCUT2D eigenvalue weighted by atomic mass is 9.88. The van der Waals surface area contributed by atoms with Crippen molar-refractivity contribution >= 4 is 17.6 Å². The van der Waals surface area contributed by atoms with Gasteiger partial charge in [0.2, 0.25) is 11.8 Å². The van der Waals surface area contributed by atoms with Crippen LogP contribution in [0.25, 0.3) is 0 Å². The summed E-state index contributed by atoms with van der Waals surface area (Å²) in [6.07, 6.45) is 6.75. The fourth-order valence-corrected chi connectivity index (χ4v) is 4.12. The normalized spacial score (nSPS) is 21.3. The zero-order chi connectivity index (χ0) is 19.9. The van der Waals surface area contributed by atoms with E-state index in [2.05, 4.69) is 25.5 Å². The summed E-state index contributed by atoms with van der Waals surface area (Å²) in [7, 11) is 0. The molecule has 154 valence electrons. The maximum absolute atomic E-state index is 12.4. The van der Waals surface area contributed by atoms with E-state index in [9.17, 15) is 14.4 Å². The van der Waals surface area contributed by atoms with Gasteiger partial charge < -0.3 is 21.4 Å². The zero-order valence-electron chi connectivity index (χ0n) is 16.2. The summed E-state index contributed by atoms with van der Waals surface area (Å²) in [4.78, 5) is 44.9. The Bertz CT molecular complexity index is 743. The molecular weight excluding hydrogens is 360 g/mol. The Hall–Kier alpha value is -2.42. The van der Waals surface area contributed by atoms with Crippen LogP contribution in [0.3, 0.4) is 0 Å². The van der Waals surface area contributed by atoms with Crippen LogP contribution in [-0.4, -0.2) is 58.9 Å². The van der Waals surface area contributed by atoms with Crippen LogP contribution in [0.2, 0.25) is 0 Å². The van der Waals surface area contributed by atoms with Gasteiger partial charge in [-0.2, -0.15) is 0 Å². The molecule has 0 unspecified atom stereocenters. The second kappa shape index (κ2) is 9.68. The average molecular weight is 390 g/mol. The van der Waals surface area contributed by atoms with E-state index in [1.54, 1.807) is 0 Å². The van der Waals surface area contributed by atoms with Crippen molar-refractivity contribution in [3.8, 4) is 0 Å². The van der Waals surface area contributed by atoms with Crippen LogP contribution in [0.4, 0.5) is 5.82 Å². The molecule has 9 heteroatoms. The van der Waals surface area contributed by atoms with Crippen LogP contribution in [0.15, 0.2) is 10.9 Å². The van der Waals surface area contributed by atoms with Crippen LogP contribution in [-0.2, 0) is 16.0 Å². The number of H-pyrrole nitrogens is 1. The number of aromatic amines is 1. The number of nitrogens with one attached hydrogen (secondary N) is 3. The molecule has 0 spiro atoms. The third-order valence-corrected chi connectivity index (χ3v) is 5.53. The summed E-state index contributed by atoms with van der Waals surface area (Å²) in [5, 5.41) is 5.69. The maximum atomic E-state index is 12.4. The molecule has 0 radical (unpaired) electrons. The molecule has 3 rings (SSSR count). The van der Waals surface area contributed by atoms with Crippen molar-refractivity contribution in [3.63, 3.8) is 0 Å². The molecule has 1 aromatic heterocycles. The molecule has 2 heterocycles. The number of nitrogens with two attached hydrogens (primary N) is 1. The Morgan fingerprint density at radius 2 is 2.07 bits per heavy atom. The molecule has 1 aliphatic carbocycles.